The maximum atomic E-state index is 6.24. The van der Waals surface area contributed by atoms with Gasteiger partial charge in [-0.15, -0.1) is 0 Å². The van der Waals surface area contributed by atoms with E-state index in [0.717, 1.165) is 31.1 Å². The fourth-order valence-electron chi connectivity index (χ4n) is 8.02. The van der Waals surface area contributed by atoms with Gasteiger partial charge in [-0.2, -0.15) is 0 Å². The van der Waals surface area contributed by atoms with E-state index >= 15 is 0 Å². The van der Waals surface area contributed by atoms with Gasteiger partial charge in [0, 0.05) is 45.2 Å². The van der Waals surface area contributed by atoms with Crippen molar-refractivity contribution >= 4 is 11.4 Å². The SMILES string of the molecule is CC1(C)c2cc(Cc3ccc4c(c3)C(C)(C)[C@@H]3COc5ccccc5[C@H]3N4)ccc2N[C@@H]2c3ccccc3OC[C@H]21. The van der Waals surface area contributed by atoms with Crippen LogP contribution in [0.5, 0.6) is 11.5 Å². The van der Waals surface area contributed by atoms with Crippen molar-refractivity contribution in [1.29, 1.82) is 0 Å². The van der Waals surface area contributed by atoms with Crippen LogP contribution in [0.3, 0.4) is 0 Å². The molecule has 0 bridgehead atoms. The molecule has 0 fully saturated rings. The Morgan fingerprint density at radius 3 is 1.51 bits per heavy atom. The van der Waals surface area contributed by atoms with Gasteiger partial charge in [-0.1, -0.05) is 88.4 Å². The third kappa shape index (κ3) is 3.72. The average Bonchev–Trinajstić information content (AvgIpc) is 2.98. The Labute approximate surface area is 243 Å². The van der Waals surface area contributed by atoms with E-state index in [9.17, 15) is 0 Å². The molecule has 0 spiro atoms. The lowest BCUT2D eigenvalue weighted by atomic mass is 9.64. The fourth-order valence-corrected chi connectivity index (χ4v) is 8.02. The van der Waals surface area contributed by atoms with Crippen LogP contribution in [0, 0.1) is 11.8 Å². The Morgan fingerprint density at radius 2 is 1.05 bits per heavy atom. The van der Waals surface area contributed by atoms with Crippen LogP contribution in [-0.4, -0.2) is 13.2 Å². The second-order valence-corrected chi connectivity index (χ2v) is 13.5. The monoisotopic (exact) mass is 542 g/mol. The summed E-state index contributed by atoms with van der Waals surface area (Å²) in [7, 11) is 0. The fraction of sp³-hybridized carbons (Fsp3) is 0.351. The molecule has 2 N–H and O–H groups in total. The number of rotatable bonds is 2. The maximum Gasteiger partial charge on any atom is 0.124 e. The van der Waals surface area contributed by atoms with Gasteiger partial charge < -0.3 is 20.1 Å². The molecule has 0 saturated carbocycles. The third-order valence-electron chi connectivity index (χ3n) is 10.6. The van der Waals surface area contributed by atoms with Gasteiger partial charge in [-0.25, -0.2) is 0 Å². The molecule has 208 valence electrons. The Morgan fingerprint density at radius 1 is 0.610 bits per heavy atom. The van der Waals surface area contributed by atoms with E-state index in [4.69, 9.17) is 9.47 Å². The van der Waals surface area contributed by atoms with Crippen LogP contribution in [0.1, 0.15) is 73.2 Å². The maximum absolute atomic E-state index is 6.24. The molecule has 0 aliphatic carbocycles. The average molecular weight is 543 g/mol. The standard InChI is InChI=1S/C37H38N2O2/c1-36(2)26-18-22(13-15-30(26)38-34-24-9-5-7-11-32(24)40-20-28(34)36)17-23-14-16-31-27(19-23)37(3,4)29-21-41-33-12-8-6-10-25(33)35(29)39-31/h5-16,18-19,28-29,34-35,38-39H,17,20-21H2,1-4H3/t28-,29-,34-,35-/m1/s1. The molecular formula is C37H38N2O2. The molecule has 4 atom stereocenters. The first-order valence-corrected chi connectivity index (χ1v) is 15.0. The number of hydrogen-bond donors (Lipinski definition) is 2. The van der Waals surface area contributed by atoms with Crippen molar-refractivity contribution < 1.29 is 9.47 Å². The Kier molecular flexibility index (Phi) is 5.32. The van der Waals surface area contributed by atoms with Crippen LogP contribution in [0.4, 0.5) is 11.4 Å². The molecule has 0 amide bonds. The van der Waals surface area contributed by atoms with Crippen molar-refractivity contribution in [2.75, 3.05) is 23.8 Å². The molecular weight excluding hydrogens is 504 g/mol. The van der Waals surface area contributed by atoms with Gasteiger partial charge in [-0.3, -0.25) is 0 Å². The van der Waals surface area contributed by atoms with E-state index < -0.39 is 0 Å². The van der Waals surface area contributed by atoms with Crippen molar-refractivity contribution in [3.63, 3.8) is 0 Å². The summed E-state index contributed by atoms with van der Waals surface area (Å²) in [6.07, 6.45) is 0.910. The van der Waals surface area contributed by atoms with Crippen LogP contribution in [0.2, 0.25) is 0 Å². The van der Waals surface area contributed by atoms with Gasteiger partial charge in [0.1, 0.15) is 11.5 Å². The number of ether oxygens (including phenoxy) is 2. The largest absolute Gasteiger partial charge is 0.493 e. The summed E-state index contributed by atoms with van der Waals surface area (Å²) in [4.78, 5) is 0. The summed E-state index contributed by atoms with van der Waals surface area (Å²) < 4.78 is 12.5. The molecule has 4 aromatic rings. The molecule has 0 aromatic heterocycles. The summed E-state index contributed by atoms with van der Waals surface area (Å²) in [6, 6.07) is 31.6. The number of fused-ring (bicyclic) bond motifs is 8. The van der Waals surface area contributed by atoms with Crippen molar-refractivity contribution in [2.45, 2.75) is 57.0 Å². The second-order valence-electron chi connectivity index (χ2n) is 13.5. The minimum Gasteiger partial charge on any atom is -0.493 e. The predicted octanol–water partition coefficient (Wildman–Crippen LogP) is 8.18. The smallest absolute Gasteiger partial charge is 0.124 e. The number of benzene rings is 4. The van der Waals surface area contributed by atoms with E-state index in [-0.39, 0.29) is 22.9 Å². The van der Waals surface area contributed by atoms with Gasteiger partial charge in [0.25, 0.3) is 0 Å². The van der Waals surface area contributed by atoms with Crippen LogP contribution in [0.25, 0.3) is 0 Å². The second kappa shape index (κ2) is 8.79. The Hall–Kier alpha value is -3.92. The predicted molar refractivity (Wildman–Crippen MR) is 165 cm³/mol. The zero-order valence-electron chi connectivity index (χ0n) is 24.3. The quantitative estimate of drug-likeness (QED) is 0.268. The highest BCUT2D eigenvalue weighted by molar-refractivity contribution is 5.64. The van der Waals surface area contributed by atoms with Crippen molar-refractivity contribution in [3.8, 4) is 11.5 Å². The van der Waals surface area contributed by atoms with Crippen LogP contribution in [0.15, 0.2) is 84.9 Å². The lowest BCUT2D eigenvalue weighted by molar-refractivity contribution is 0.135. The Balaban J connectivity index is 1.10. The summed E-state index contributed by atoms with van der Waals surface area (Å²) in [6.45, 7) is 11.0. The molecule has 4 aliphatic heterocycles. The van der Waals surface area contributed by atoms with Crippen molar-refractivity contribution in [2.24, 2.45) is 11.8 Å². The van der Waals surface area contributed by atoms with Crippen LogP contribution >= 0.6 is 0 Å². The first kappa shape index (κ1) is 24.8. The third-order valence-corrected chi connectivity index (χ3v) is 10.6. The highest BCUT2D eigenvalue weighted by Gasteiger charge is 2.47. The molecule has 4 aromatic carbocycles. The first-order valence-electron chi connectivity index (χ1n) is 15.0. The van der Waals surface area contributed by atoms with Crippen molar-refractivity contribution in [3.05, 3.63) is 118 Å². The molecule has 0 unspecified atom stereocenters. The minimum atomic E-state index is -0.0111. The molecule has 4 heteroatoms. The van der Waals surface area contributed by atoms with Crippen LogP contribution < -0.4 is 20.1 Å². The van der Waals surface area contributed by atoms with E-state index in [1.54, 1.807) is 0 Å². The number of para-hydroxylation sites is 2. The van der Waals surface area contributed by atoms with Crippen molar-refractivity contribution in [1.82, 2.24) is 0 Å². The van der Waals surface area contributed by atoms with E-state index in [0.29, 0.717) is 11.8 Å². The molecule has 4 aliphatic rings. The first-order chi connectivity index (χ1) is 19.8. The summed E-state index contributed by atoms with van der Waals surface area (Å²) in [5, 5.41) is 7.77. The topological polar surface area (TPSA) is 42.5 Å². The zero-order valence-corrected chi connectivity index (χ0v) is 24.3. The van der Waals surface area contributed by atoms with Gasteiger partial charge in [0.05, 0.1) is 25.3 Å². The zero-order chi connectivity index (χ0) is 27.9. The molecule has 8 rings (SSSR count). The molecule has 4 nitrogen and oxygen atoms in total. The summed E-state index contributed by atoms with van der Waals surface area (Å²) in [5.41, 5.74) is 10.5. The van der Waals surface area contributed by atoms with E-state index in [1.807, 2.05) is 0 Å². The van der Waals surface area contributed by atoms with E-state index in [2.05, 4.69) is 123 Å². The van der Waals surface area contributed by atoms with E-state index in [1.165, 1.54) is 44.8 Å². The number of hydrogen-bond acceptors (Lipinski definition) is 4. The normalized spacial score (nSPS) is 25.7. The highest BCUT2D eigenvalue weighted by atomic mass is 16.5. The summed E-state index contributed by atoms with van der Waals surface area (Å²) in [5.74, 6) is 2.76. The lowest BCUT2D eigenvalue weighted by Gasteiger charge is -2.49. The van der Waals surface area contributed by atoms with Gasteiger partial charge in [0.2, 0.25) is 0 Å². The molecule has 0 radical (unpaired) electrons. The number of nitrogens with one attached hydrogen (secondary N) is 2. The molecule has 41 heavy (non-hydrogen) atoms. The van der Waals surface area contributed by atoms with Gasteiger partial charge in [0.15, 0.2) is 0 Å². The minimum absolute atomic E-state index is 0.0111. The van der Waals surface area contributed by atoms with Crippen LogP contribution in [-0.2, 0) is 17.3 Å². The summed E-state index contributed by atoms with van der Waals surface area (Å²) >= 11 is 0. The molecule has 4 heterocycles. The van der Waals surface area contributed by atoms with Gasteiger partial charge >= 0.3 is 0 Å². The Bertz CT molecular complexity index is 1550. The van der Waals surface area contributed by atoms with Gasteiger partial charge in [-0.05, 0) is 52.9 Å². The highest BCUT2D eigenvalue weighted by Crippen LogP contribution is 2.53. The lowest BCUT2D eigenvalue weighted by Crippen LogP contribution is -2.46. The molecule has 0 saturated heterocycles. The number of anilines is 2.